The van der Waals surface area contributed by atoms with Crippen molar-refractivity contribution in [3.8, 4) is 23.3 Å². The van der Waals surface area contributed by atoms with Gasteiger partial charge in [0.1, 0.15) is 18.1 Å². The predicted octanol–water partition coefficient (Wildman–Crippen LogP) is 4.19. The number of nitrogens with zero attached hydrogens (tertiary/aromatic N) is 1. The van der Waals surface area contributed by atoms with Crippen molar-refractivity contribution in [1.29, 1.82) is 5.26 Å². The van der Waals surface area contributed by atoms with E-state index in [4.69, 9.17) is 14.7 Å². The van der Waals surface area contributed by atoms with Crippen molar-refractivity contribution in [2.24, 2.45) is 0 Å². The van der Waals surface area contributed by atoms with Crippen molar-refractivity contribution < 1.29 is 27.4 Å². The van der Waals surface area contributed by atoms with E-state index in [2.05, 4.69) is 0 Å². The highest BCUT2D eigenvalue weighted by molar-refractivity contribution is 5.76. The van der Waals surface area contributed by atoms with Gasteiger partial charge in [0.25, 0.3) is 0 Å². The highest BCUT2D eigenvalue weighted by Crippen LogP contribution is 2.36. The maximum atomic E-state index is 12.7. The molecule has 2 rings (SSSR count). The molecule has 0 aliphatic rings. The first kappa shape index (κ1) is 16.4. The topological polar surface area (TPSA) is 59.3 Å². The standard InChI is InChI=1S/C16H10F3NO3/c1-22-15-6-10(9-21)2-4-14(15)23-13-5-3-12(16(17,18)19)7-11(13)8-20/h2-7,9H,1H3. The molecule has 0 radical (unpaired) electrons. The summed E-state index contributed by atoms with van der Waals surface area (Å²) < 4.78 is 48.5. The quantitative estimate of drug-likeness (QED) is 0.792. The van der Waals surface area contributed by atoms with Crippen molar-refractivity contribution in [3.05, 3.63) is 53.1 Å². The molecule has 0 N–H and O–H groups in total. The second-order valence-electron chi connectivity index (χ2n) is 4.45. The second-order valence-corrected chi connectivity index (χ2v) is 4.45. The fraction of sp³-hybridized carbons (Fsp3) is 0.125. The molecule has 0 atom stereocenters. The van der Waals surface area contributed by atoms with Crippen LogP contribution in [0.2, 0.25) is 0 Å². The maximum absolute atomic E-state index is 12.7. The Balaban J connectivity index is 2.41. The normalized spacial score (nSPS) is 10.7. The zero-order chi connectivity index (χ0) is 17.0. The number of benzene rings is 2. The maximum Gasteiger partial charge on any atom is 0.416 e. The molecule has 0 fully saturated rings. The number of carbonyl (C=O) groups excluding carboxylic acids is 1. The molecular weight excluding hydrogens is 311 g/mol. The van der Waals surface area contributed by atoms with Gasteiger partial charge in [-0.05, 0) is 36.4 Å². The van der Waals surface area contributed by atoms with Crippen molar-refractivity contribution in [2.75, 3.05) is 7.11 Å². The highest BCUT2D eigenvalue weighted by atomic mass is 19.4. The summed E-state index contributed by atoms with van der Waals surface area (Å²) in [5.74, 6) is 0.352. The number of alkyl halides is 3. The molecule has 0 bridgehead atoms. The fourth-order valence-corrected chi connectivity index (χ4v) is 1.84. The summed E-state index contributed by atoms with van der Waals surface area (Å²) in [4.78, 5) is 10.7. The Labute approximate surface area is 129 Å². The number of aldehydes is 1. The van der Waals surface area contributed by atoms with Gasteiger partial charge in [-0.25, -0.2) is 0 Å². The Hall–Kier alpha value is -3.01. The van der Waals surface area contributed by atoms with Crippen LogP contribution < -0.4 is 9.47 Å². The Morgan fingerprint density at radius 3 is 2.35 bits per heavy atom. The minimum Gasteiger partial charge on any atom is -0.493 e. The third-order valence-electron chi connectivity index (χ3n) is 2.97. The lowest BCUT2D eigenvalue weighted by Crippen LogP contribution is -2.05. The third kappa shape index (κ3) is 3.61. The summed E-state index contributed by atoms with van der Waals surface area (Å²) in [7, 11) is 1.36. The van der Waals surface area contributed by atoms with Crippen LogP contribution in [0.5, 0.6) is 17.2 Å². The molecule has 2 aromatic rings. The lowest BCUT2D eigenvalue weighted by atomic mass is 10.1. The van der Waals surface area contributed by atoms with Crippen LogP contribution in [-0.2, 0) is 6.18 Å². The molecule has 2 aromatic carbocycles. The van der Waals surface area contributed by atoms with E-state index < -0.39 is 11.7 Å². The summed E-state index contributed by atoms with van der Waals surface area (Å²) in [6.07, 6.45) is -3.93. The molecule has 0 aliphatic carbocycles. The number of hydrogen-bond donors (Lipinski definition) is 0. The largest absolute Gasteiger partial charge is 0.493 e. The monoisotopic (exact) mass is 321 g/mol. The van der Waals surface area contributed by atoms with Gasteiger partial charge in [-0.15, -0.1) is 0 Å². The van der Waals surface area contributed by atoms with Gasteiger partial charge in [-0.3, -0.25) is 4.79 Å². The van der Waals surface area contributed by atoms with Crippen LogP contribution in [0, 0.1) is 11.3 Å². The zero-order valence-corrected chi connectivity index (χ0v) is 11.8. The average Bonchev–Trinajstić information content (AvgIpc) is 2.54. The number of hydrogen-bond acceptors (Lipinski definition) is 4. The van der Waals surface area contributed by atoms with E-state index in [0.717, 1.165) is 12.1 Å². The molecule has 4 nitrogen and oxygen atoms in total. The van der Waals surface area contributed by atoms with Gasteiger partial charge >= 0.3 is 6.18 Å². The van der Waals surface area contributed by atoms with E-state index in [9.17, 15) is 18.0 Å². The SMILES string of the molecule is COc1cc(C=O)ccc1Oc1ccc(C(F)(F)F)cc1C#N. The van der Waals surface area contributed by atoms with Crippen LogP contribution in [0.15, 0.2) is 36.4 Å². The summed E-state index contributed by atoms with van der Waals surface area (Å²) in [6.45, 7) is 0. The van der Waals surface area contributed by atoms with E-state index >= 15 is 0 Å². The number of methoxy groups -OCH3 is 1. The molecule has 23 heavy (non-hydrogen) atoms. The van der Waals surface area contributed by atoms with Crippen LogP contribution in [0.3, 0.4) is 0 Å². The molecule has 0 spiro atoms. The first-order chi connectivity index (χ1) is 10.9. The molecule has 7 heteroatoms. The van der Waals surface area contributed by atoms with Crippen molar-refractivity contribution in [1.82, 2.24) is 0 Å². The van der Waals surface area contributed by atoms with Crippen LogP contribution >= 0.6 is 0 Å². The van der Waals surface area contributed by atoms with Crippen molar-refractivity contribution >= 4 is 6.29 Å². The van der Waals surface area contributed by atoms with Gasteiger partial charge in [-0.2, -0.15) is 18.4 Å². The van der Waals surface area contributed by atoms with Crippen LogP contribution in [0.4, 0.5) is 13.2 Å². The summed E-state index contributed by atoms with van der Waals surface area (Å²) >= 11 is 0. The molecule has 0 unspecified atom stereocenters. The first-order valence-corrected chi connectivity index (χ1v) is 6.31. The Morgan fingerprint density at radius 1 is 1.09 bits per heavy atom. The van der Waals surface area contributed by atoms with Crippen molar-refractivity contribution in [2.45, 2.75) is 6.18 Å². The van der Waals surface area contributed by atoms with Crippen molar-refractivity contribution in [3.63, 3.8) is 0 Å². The van der Waals surface area contributed by atoms with Crippen LogP contribution in [0.25, 0.3) is 0 Å². The van der Waals surface area contributed by atoms with E-state index in [0.29, 0.717) is 17.9 Å². The summed E-state index contributed by atoms with van der Waals surface area (Å²) in [6, 6.07) is 8.57. The molecular formula is C16H10F3NO3. The minimum atomic E-state index is -4.55. The smallest absolute Gasteiger partial charge is 0.416 e. The number of halogens is 3. The van der Waals surface area contributed by atoms with E-state index in [1.807, 2.05) is 0 Å². The van der Waals surface area contributed by atoms with Crippen LogP contribution in [-0.4, -0.2) is 13.4 Å². The van der Waals surface area contributed by atoms with Crippen LogP contribution in [0.1, 0.15) is 21.5 Å². The van der Waals surface area contributed by atoms with Gasteiger partial charge in [0.15, 0.2) is 11.5 Å². The zero-order valence-electron chi connectivity index (χ0n) is 11.8. The van der Waals surface area contributed by atoms with Gasteiger partial charge in [0, 0.05) is 5.56 Å². The van der Waals surface area contributed by atoms with E-state index in [1.54, 1.807) is 6.07 Å². The molecule has 118 valence electrons. The third-order valence-corrected chi connectivity index (χ3v) is 2.97. The van der Waals surface area contributed by atoms with Gasteiger partial charge in [-0.1, -0.05) is 0 Å². The van der Waals surface area contributed by atoms with E-state index in [1.165, 1.54) is 25.3 Å². The van der Waals surface area contributed by atoms with Gasteiger partial charge in [0.2, 0.25) is 0 Å². The second kappa shape index (κ2) is 6.40. The Bertz CT molecular complexity index is 779. The predicted molar refractivity (Wildman–Crippen MR) is 74.6 cm³/mol. The number of carbonyl (C=O) groups is 1. The lowest BCUT2D eigenvalue weighted by molar-refractivity contribution is -0.137. The van der Waals surface area contributed by atoms with Gasteiger partial charge in [0.05, 0.1) is 18.2 Å². The molecule has 0 aliphatic heterocycles. The average molecular weight is 321 g/mol. The molecule has 0 aromatic heterocycles. The minimum absolute atomic E-state index is 0.0438. The summed E-state index contributed by atoms with van der Waals surface area (Å²) in [5.41, 5.74) is -0.854. The van der Waals surface area contributed by atoms with Gasteiger partial charge < -0.3 is 9.47 Å². The van der Waals surface area contributed by atoms with E-state index in [-0.39, 0.29) is 22.8 Å². The Kier molecular flexibility index (Phi) is 4.55. The number of rotatable bonds is 4. The Morgan fingerprint density at radius 2 is 1.78 bits per heavy atom. The summed E-state index contributed by atoms with van der Waals surface area (Å²) in [5, 5.41) is 9.02. The molecule has 0 heterocycles. The lowest BCUT2D eigenvalue weighted by Gasteiger charge is -2.13. The first-order valence-electron chi connectivity index (χ1n) is 6.31. The fourth-order valence-electron chi connectivity index (χ4n) is 1.84. The highest BCUT2D eigenvalue weighted by Gasteiger charge is 2.31. The number of nitriles is 1. The number of ether oxygens (including phenoxy) is 2. The molecule has 0 saturated carbocycles. The molecule has 0 amide bonds. The molecule has 0 saturated heterocycles.